The molecule has 2 heteroatoms. The fourth-order valence-corrected chi connectivity index (χ4v) is 3.05. The van der Waals surface area contributed by atoms with Gasteiger partial charge in [-0.1, -0.05) is 54.6 Å². The number of fused-ring (bicyclic) bond motifs is 1. The van der Waals surface area contributed by atoms with Crippen LogP contribution in [0.25, 0.3) is 27.8 Å². The average molecular weight is 298 g/mol. The van der Waals surface area contributed by atoms with Crippen LogP contribution in [-0.4, -0.2) is 9.55 Å². The van der Waals surface area contributed by atoms with Crippen molar-refractivity contribution in [1.82, 2.24) is 9.55 Å². The van der Waals surface area contributed by atoms with Gasteiger partial charge in [0.1, 0.15) is 5.82 Å². The monoisotopic (exact) mass is 298 g/mol. The van der Waals surface area contributed by atoms with E-state index in [0.29, 0.717) is 0 Å². The number of benzene rings is 3. The summed E-state index contributed by atoms with van der Waals surface area (Å²) in [5, 5.41) is 2.49. The topological polar surface area (TPSA) is 17.8 Å². The standard InChI is InChI=1S/C21H18N2/c1-15-7-3-6-10-20(15)23-14-16(2)22-21(23)19-12-11-17-8-4-5-9-18(17)13-19/h3-14H,1-2H3. The van der Waals surface area contributed by atoms with E-state index >= 15 is 0 Å². The lowest BCUT2D eigenvalue weighted by molar-refractivity contribution is 1.05. The minimum atomic E-state index is 0.988. The highest BCUT2D eigenvalue weighted by molar-refractivity contribution is 5.86. The van der Waals surface area contributed by atoms with Gasteiger partial charge in [-0.25, -0.2) is 4.98 Å². The largest absolute Gasteiger partial charge is 0.299 e. The minimum Gasteiger partial charge on any atom is -0.299 e. The van der Waals surface area contributed by atoms with Crippen molar-refractivity contribution in [2.45, 2.75) is 13.8 Å². The van der Waals surface area contributed by atoms with Gasteiger partial charge in [-0.15, -0.1) is 0 Å². The third-order valence-corrected chi connectivity index (χ3v) is 4.21. The average Bonchev–Trinajstić information content (AvgIpc) is 2.96. The van der Waals surface area contributed by atoms with Gasteiger partial charge >= 0.3 is 0 Å². The smallest absolute Gasteiger partial charge is 0.144 e. The summed E-state index contributed by atoms with van der Waals surface area (Å²) in [7, 11) is 0. The third kappa shape index (κ3) is 2.42. The van der Waals surface area contributed by atoms with Crippen molar-refractivity contribution in [2.24, 2.45) is 0 Å². The number of aryl methyl sites for hydroxylation is 2. The first-order chi connectivity index (χ1) is 11.2. The Morgan fingerprint density at radius 2 is 1.52 bits per heavy atom. The molecule has 4 rings (SSSR count). The fourth-order valence-electron chi connectivity index (χ4n) is 3.05. The van der Waals surface area contributed by atoms with E-state index < -0.39 is 0 Å². The van der Waals surface area contributed by atoms with Crippen molar-refractivity contribution in [3.63, 3.8) is 0 Å². The summed E-state index contributed by atoms with van der Waals surface area (Å²) in [4.78, 5) is 4.77. The number of nitrogens with zero attached hydrogens (tertiary/aromatic N) is 2. The van der Waals surface area contributed by atoms with Crippen molar-refractivity contribution in [3.8, 4) is 17.1 Å². The van der Waals surface area contributed by atoms with Crippen LogP contribution < -0.4 is 0 Å². The Morgan fingerprint density at radius 1 is 0.783 bits per heavy atom. The van der Waals surface area contributed by atoms with Gasteiger partial charge in [0.2, 0.25) is 0 Å². The first kappa shape index (κ1) is 13.8. The molecule has 0 saturated carbocycles. The summed E-state index contributed by atoms with van der Waals surface area (Å²) in [6.45, 7) is 4.17. The molecule has 0 aliphatic heterocycles. The second-order valence-electron chi connectivity index (χ2n) is 5.92. The van der Waals surface area contributed by atoms with Crippen molar-refractivity contribution in [1.29, 1.82) is 0 Å². The van der Waals surface area contributed by atoms with Crippen LogP contribution in [0.3, 0.4) is 0 Å². The van der Waals surface area contributed by atoms with Crippen LogP contribution >= 0.6 is 0 Å². The predicted octanol–water partition coefficient (Wildman–Crippen LogP) is 5.31. The molecule has 0 aliphatic carbocycles. The maximum atomic E-state index is 4.77. The lowest BCUT2D eigenvalue weighted by Crippen LogP contribution is -1.98. The number of imidazole rings is 1. The molecule has 0 bridgehead atoms. The molecule has 0 atom stereocenters. The molecule has 0 unspecified atom stereocenters. The molecule has 1 aromatic heterocycles. The van der Waals surface area contributed by atoms with Crippen LogP contribution in [0.2, 0.25) is 0 Å². The molecule has 0 aliphatic rings. The maximum absolute atomic E-state index is 4.77. The number of hydrogen-bond acceptors (Lipinski definition) is 1. The molecule has 0 spiro atoms. The highest BCUT2D eigenvalue weighted by atomic mass is 15.1. The van der Waals surface area contributed by atoms with Crippen molar-refractivity contribution in [2.75, 3.05) is 0 Å². The lowest BCUT2D eigenvalue weighted by Gasteiger charge is -2.11. The molecule has 0 N–H and O–H groups in total. The predicted molar refractivity (Wildman–Crippen MR) is 96.0 cm³/mol. The van der Waals surface area contributed by atoms with E-state index in [1.165, 1.54) is 22.0 Å². The third-order valence-electron chi connectivity index (χ3n) is 4.21. The highest BCUT2D eigenvalue weighted by Gasteiger charge is 2.11. The van der Waals surface area contributed by atoms with E-state index in [4.69, 9.17) is 4.98 Å². The van der Waals surface area contributed by atoms with Crippen molar-refractivity contribution < 1.29 is 0 Å². The molecular formula is C21H18N2. The Labute approximate surface area is 136 Å². The van der Waals surface area contributed by atoms with E-state index in [1.807, 2.05) is 6.92 Å². The maximum Gasteiger partial charge on any atom is 0.144 e. The summed E-state index contributed by atoms with van der Waals surface area (Å²) in [6.07, 6.45) is 2.10. The molecule has 1 heterocycles. The van der Waals surface area contributed by atoms with Gasteiger partial charge in [-0.3, -0.25) is 4.57 Å². The Hall–Kier alpha value is -2.87. The van der Waals surface area contributed by atoms with E-state index in [-0.39, 0.29) is 0 Å². The molecule has 0 amide bonds. The van der Waals surface area contributed by atoms with E-state index in [0.717, 1.165) is 17.1 Å². The lowest BCUT2D eigenvalue weighted by atomic mass is 10.1. The van der Waals surface area contributed by atoms with Crippen molar-refractivity contribution >= 4 is 10.8 Å². The van der Waals surface area contributed by atoms with Gasteiger partial charge in [0.15, 0.2) is 0 Å². The second-order valence-corrected chi connectivity index (χ2v) is 5.92. The fraction of sp³-hybridized carbons (Fsp3) is 0.0952. The summed E-state index contributed by atoms with van der Waals surface area (Å²) >= 11 is 0. The van der Waals surface area contributed by atoms with E-state index in [2.05, 4.69) is 84.4 Å². The number of hydrogen-bond donors (Lipinski definition) is 0. The first-order valence-electron chi connectivity index (χ1n) is 7.83. The van der Waals surface area contributed by atoms with Gasteiger partial charge < -0.3 is 0 Å². The van der Waals surface area contributed by atoms with Gasteiger partial charge in [0.25, 0.3) is 0 Å². The molecule has 0 fully saturated rings. The van der Waals surface area contributed by atoms with Crippen LogP contribution in [0, 0.1) is 13.8 Å². The Bertz CT molecular complexity index is 996. The molecular weight excluding hydrogens is 280 g/mol. The van der Waals surface area contributed by atoms with Gasteiger partial charge in [-0.2, -0.15) is 0 Å². The molecule has 23 heavy (non-hydrogen) atoms. The zero-order valence-corrected chi connectivity index (χ0v) is 13.3. The number of aromatic nitrogens is 2. The second kappa shape index (κ2) is 5.40. The Kier molecular flexibility index (Phi) is 3.23. The molecule has 3 aromatic carbocycles. The Morgan fingerprint density at radius 3 is 2.35 bits per heavy atom. The molecule has 0 radical (unpaired) electrons. The summed E-state index contributed by atoms with van der Waals surface area (Å²) < 4.78 is 2.19. The summed E-state index contributed by atoms with van der Waals surface area (Å²) in [5.74, 6) is 0.988. The van der Waals surface area contributed by atoms with Crippen LogP contribution in [0.4, 0.5) is 0 Å². The van der Waals surface area contributed by atoms with Crippen LogP contribution in [0.15, 0.2) is 72.9 Å². The zero-order chi connectivity index (χ0) is 15.8. The number of para-hydroxylation sites is 1. The van der Waals surface area contributed by atoms with Crippen LogP contribution in [-0.2, 0) is 0 Å². The van der Waals surface area contributed by atoms with Crippen LogP contribution in [0.5, 0.6) is 0 Å². The quantitative estimate of drug-likeness (QED) is 0.490. The molecule has 2 nitrogen and oxygen atoms in total. The SMILES string of the molecule is Cc1cn(-c2ccccc2C)c(-c2ccc3ccccc3c2)n1. The van der Waals surface area contributed by atoms with Gasteiger partial charge in [0, 0.05) is 17.4 Å². The highest BCUT2D eigenvalue weighted by Crippen LogP contribution is 2.27. The molecule has 112 valence electrons. The molecule has 0 saturated heterocycles. The minimum absolute atomic E-state index is 0.988. The normalized spacial score (nSPS) is 11.0. The van der Waals surface area contributed by atoms with Gasteiger partial charge in [0.05, 0.1) is 5.69 Å². The Balaban J connectivity index is 1.93. The van der Waals surface area contributed by atoms with E-state index in [1.54, 1.807) is 0 Å². The van der Waals surface area contributed by atoms with Crippen LogP contribution in [0.1, 0.15) is 11.3 Å². The number of rotatable bonds is 2. The summed E-state index contributed by atoms with van der Waals surface area (Å²) in [6, 6.07) is 23.4. The first-order valence-corrected chi connectivity index (χ1v) is 7.83. The van der Waals surface area contributed by atoms with E-state index in [9.17, 15) is 0 Å². The zero-order valence-electron chi connectivity index (χ0n) is 13.3. The summed E-state index contributed by atoms with van der Waals surface area (Å²) in [5.41, 5.74) is 4.58. The van der Waals surface area contributed by atoms with Gasteiger partial charge in [-0.05, 0) is 42.3 Å². The van der Waals surface area contributed by atoms with Crippen molar-refractivity contribution in [3.05, 3.63) is 84.2 Å². The molecule has 4 aromatic rings.